The molecule has 1 atom stereocenters. The minimum absolute atomic E-state index is 0.0119. The molecule has 1 amide bonds. The molecule has 0 saturated carbocycles. The fraction of sp³-hybridized carbons (Fsp3) is 0.333. The van der Waals surface area contributed by atoms with E-state index in [1.807, 2.05) is 0 Å². The Bertz CT molecular complexity index is 524. The largest absolute Gasteiger partial charge is 0.480 e. The van der Waals surface area contributed by atoms with E-state index in [1.165, 1.54) is 0 Å². The van der Waals surface area contributed by atoms with Crippen molar-refractivity contribution >= 4 is 11.9 Å². The number of benzene rings is 1. The van der Waals surface area contributed by atoms with E-state index in [9.17, 15) is 22.8 Å². The molecule has 0 bridgehead atoms. The molecule has 4 nitrogen and oxygen atoms in total. The lowest BCUT2D eigenvalue weighted by atomic mass is 10.1. The van der Waals surface area contributed by atoms with Crippen molar-refractivity contribution in [1.82, 2.24) is 4.90 Å². The van der Waals surface area contributed by atoms with Crippen LogP contribution in [0.15, 0.2) is 12.1 Å². The number of hydrogen-bond donors (Lipinski definition) is 1. The Morgan fingerprint density at radius 2 is 1.89 bits per heavy atom. The lowest BCUT2D eigenvalue weighted by molar-refractivity contribution is -0.146. The standard InChI is InChI=1S/C12H10F3NO3/c13-7-3-6(4-8(14)11(7)15)5-16-9(12(18)19)1-2-10(16)17/h3-4,9H,1-2,5H2,(H,18,19). The van der Waals surface area contributed by atoms with Crippen molar-refractivity contribution < 1.29 is 27.9 Å². The van der Waals surface area contributed by atoms with E-state index in [1.54, 1.807) is 0 Å². The van der Waals surface area contributed by atoms with Crippen molar-refractivity contribution in [3.63, 3.8) is 0 Å². The fourth-order valence-corrected chi connectivity index (χ4v) is 2.08. The molecule has 1 aromatic carbocycles. The zero-order chi connectivity index (χ0) is 14.2. The van der Waals surface area contributed by atoms with Gasteiger partial charge in [0.25, 0.3) is 0 Å². The van der Waals surface area contributed by atoms with Gasteiger partial charge in [-0.2, -0.15) is 0 Å². The van der Waals surface area contributed by atoms with E-state index in [0.717, 1.165) is 17.0 Å². The summed E-state index contributed by atoms with van der Waals surface area (Å²) < 4.78 is 38.8. The number of hydrogen-bond acceptors (Lipinski definition) is 2. The first-order valence-electron chi connectivity index (χ1n) is 5.56. The maximum absolute atomic E-state index is 13.0. The van der Waals surface area contributed by atoms with Gasteiger partial charge in [0.05, 0.1) is 0 Å². The third-order valence-corrected chi connectivity index (χ3v) is 3.01. The predicted molar refractivity (Wildman–Crippen MR) is 57.5 cm³/mol. The zero-order valence-corrected chi connectivity index (χ0v) is 9.70. The molecule has 1 aromatic rings. The second-order valence-corrected chi connectivity index (χ2v) is 4.29. The number of amides is 1. The molecule has 0 aromatic heterocycles. The molecule has 0 radical (unpaired) electrons. The highest BCUT2D eigenvalue weighted by Crippen LogP contribution is 2.23. The van der Waals surface area contributed by atoms with Gasteiger partial charge in [-0.1, -0.05) is 0 Å². The normalized spacial score (nSPS) is 19.0. The Balaban J connectivity index is 2.25. The topological polar surface area (TPSA) is 57.6 Å². The van der Waals surface area contributed by atoms with Gasteiger partial charge in [0.15, 0.2) is 17.5 Å². The molecule has 1 aliphatic heterocycles. The highest BCUT2D eigenvalue weighted by Gasteiger charge is 2.36. The number of aliphatic carboxylic acids is 1. The number of carbonyl (C=O) groups is 2. The highest BCUT2D eigenvalue weighted by molar-refractivity contribution is 5.87. The summed E-state index contributed by atoms with van der Waals surface area (Å²) in [6.07, 6.45) is 0.226. The molecule has 19 heavy (non-hydrogen) atoms. The highest BCUT2D eigenvalue weighted by atomic mass is 19.2. The molecule has 1 aliphatic rings. The van der Waals surface area contributed by atoms with E-state index < -0.39 is 35.4 Å². The summed E-state index contributed by atoms with van der Waals surface area (Å²) in [5.74, 6) is -5.90. The second kappa shape index (κ2) is 4.91. The van der Waals surface area contributed by atoms with Crippen molar-refractivity contribution in [2.45, 2.75) is 25.4 Å². The van der Waals surface area contributed by atoms with Crippen LogP contribution in [-0.4, -0.2) is 27.9 Å². The van der Waals surface area contributed by atoms with Gasteiger partial charge in [0.2, 0.25) is 5.91 Å². The Kier molecular flexibility index (Phi) is 3.46. The third-order valence-electron chi connectivity index (χ3n) is 3.01. The molecular formula is C12H10F3NO3. The van der Waals surface area contributed by atoms with Gasteiger partial charge in [-0.15, -0.1) is 0 Å². The van der Waals surface area contributed by atoms with Gasteiger partial charge in [0, 0.05) is 13.0 Å². The Morgan fingerprint density at radius 3 is 2.42 bits per heavy atom. The van der Waals surface area contributed by atoms with Crippen molar-refractivity contribution in [2.75, 3.05) is 0 Å². The van der Waals surface area contributed by atoms with Crippen LogP contribution in [0.4, 0.5) is 13.2 Å². The lowest BCUT2D eigenvalue weighted by Crippen LogP contribution is -2.37. The van der Waals surface area contributed by atoms with Crippen LogP contribution in [0.2, 0.25) is 0 Å². The van der Waals surface area contributed by atoms with Gasteiger partial charge in [-0.3, -0.25) is 4.79 Å². The number of carboxylic acid groups (broad SMARTS) is 1. The average molecular weight is 273 g/mol. The summed E-state index contributed by atoms with van der Waals surface area (Å²) in [7, 11) is 0. The van der Waals surface area contributed by atoms with E-state index in [2.05, 4.69) is 0 Å². The molecule has 1 unspecified atom stereocenters. The van der Waals surface area contributed by atoms with E-state index in [-0.39, 0.29) is 24.9 Å². The predicted octanol–water partition coefficient (Wildman–Crippen LogP) is 1.68. The van der Waals surface area contributed by atoms with Gasteiger partial charge in [-0.25, -0.2) is 18.0 Å². The van der Waals surface area contributed by atoms with Crippen molar-refractivity contribution in [2.24, 2.45) is 0 Å². The molecular weight excluding hydrogens is 263 g/mol. The lowest BCUT2D eigenvalue weighted by Gasteiger charge is -2.21. The average Bonchev–Trinajstić information content (AvgIpc) is 2.68. The first kappa shape index (κ1) is 13.4. The van der Waals surface area contributed by atoms with Crippen LogP contribution in [-0.2, 0) is 16.1 Å². The number of halogens is 3. The van der Waals surface area contributed by atoms with Crippen molar-refractivity contribution in [1.29, 1.82) is 0 Å². The van der Waals surface area contributed by atoms with Gasteiger partial charge in [-0.05, 0) is 24.1 Å². The van der Waals surface area contributed by atoms with Crippen LogP contribution < -0.4 is 0 Å². The van der Waals surface area contributed by atoms with Gasteiger partial charge < -0.3 is 10.0 Å². The molecule has 2 rings (SSSR count). The fourth-order valence-electron chi connectivity index (χ4n) is 2.08. The molecule has 1 N–H and O–H groups in total. The first-order chi connectivity index (χ1) is 8.90. The Labute approximate surface area is 106 Å². The summed E-state index contributed by atoms with van der Waals surface area (Å²) in [4.78, 5) is 23.5. The van der Waals surface area contributed by atoms with Gasteiger partial charge in [0.1, 0.15) is 6.04 Å². The van der Waals surface area contributed by atoms with Crippen molar-refractivity contribution in [3.8, 4) is 0 Å². The Morgan fingerprint density at radius 1 is 1.32 bits per heavy atom. The maximum Gasteiger partial charge on any atom is 0.326 e. The maximum atomic E-state index is 13.0. The monoisotopic (exact) mass is 273 g/mol. The van der Waals surface area contributed by atoms with Crippen LogP contribution in [0.1, 0.15) is 18.4 Å². The summed E-state index contributed by atoms with van der Waals surface area (Å²) in [5.41, 5.74) is 0.0119. The summed E-state index contributed by atoms with van der Waals surface area (Å²) in [6, 6.07) is 0.495. The Hall–Kier alpha value is -2.05. The van der Waals surface area contributed by atoms with Crippen LogP contribution in [0.25, 0.3) is 0 Å². The second-order valence-electron chi connectivity index (χ2n) is 4.29. The number of likely N-dealkylation sites (tertiary alicyclic amines) is 1. The van der Waals surface area contributed by atoms with E-state index in [0.29, 0.717) is 0 Å². The first-order valence-corrected chi connectivity index (χ1v) is 5.56. The molecule has 1 saturated heterocycles. The third kappa shape index (κ3) is 2.54. The van der Waals surface area contributed by atoms with Crippen molar-refractivity contribution in [3.05, 3.63) is 35.1 Å². The summed E-state index contributed by atoms with van der Waals surface area (Å²) >= 11 is 0. The summed E-state index contributed by atoms with van der Waals surface area (Å²) in [5, 5.41) is 8.93. The molecule has 102 valence electrons. The minimum atomic E-state index is -1.59. The molecule has 0 spiro atoms. The smallest absolute Gasteiger partial charge is 0.326 e. The SMILES string of the molecule is O=C(O)C1CCC(=O)N1Cc1cc(F)c(F)c(F)c1. The molecule has 1 fully saturated rings. The number of carbonyl (C=O) groups excluding carboxylic acids is 1. The van der Waals surface area contributed by atoms with Gasteiger partial charge >= 0.3 is 5.97 Å². The van der Waals surface area contributed by atoms with Crippen LogP contribution in [0.3, 0.4) is 0 Å². The molecule has 7 heteroatoms. The minimum Gasteiger partial charge on any atom is -0.480 e. The number of carboxylic acids is 1. The summed E-state index contributed by atoms with van der Waals surface area (Å²) in [6.45, 7) is -0.260. The van der Waals surface area contributed by atoms with Crippen LogP contribution in [0.5, 0.6) is 0 Å². The molecule has 0 aliphatic carbocycles. The number of rotatable bonds is 3. The van der Waals surface area contributed by atoms with E-state index >= 15 is 0 Å². The van der Waals surface area contributed by atoms with Crippen LogP contribution >= 0.6 is 0 Å². The number of nitrogens with zero attached hydrogens (tertiary/aromatic N) is 1. The zero-order valence-electron chi connectivity index (χ0n) is 9.70. The van der Waals surface area contributed by atoms with E-state index in [4.69, 9.17) is 5.11 Å². The van der Waals surface area contributed by atoms with Crippen LogP contribution in [0, 0.1) is 17.5 Å². The molecule has 1 heterocycles. The quantitative estimate of drug-likeness (QED) is 0.852.